The van der Waals surface area contributed by atoms with Gasteiger partial charge in [0.05, 0.1) is 23.4 Å². The van der Waals surface area contributed by atoms with Gasteiger partial charge in [0.1, 0.15) is 5.69 Å². The summed E-state index contributed by atoms with van der Waals surface area (Å²) in [5.74, 6) is 0.0147. The fourth-order valence-corrected chi connectivity index (χ4v) is 1.91. The van der Waals surface area contributed by atoms with Gasteiger partial charge in [-0.05, 0) is 6.92 Å². The zero-order valence-corrected chi connectivity index (χ0v) is 9.41. The Bertz CT molecular complexity index is 486. The third-order valence-electron chi connectivity index (χ3n) is 2.00. The van der Waals surface area contributed by atoms with E-state index in [1.807, 2.05) is 19.4 Å². The average Bonchev–Trinajstić information content (AvgIpc) is 2.75. The Kier molecular flexibility index (Phi) is 2.64. The summed E-state index contributed by atoms with van der Waals surface area (Å²) in [4.78, 5) is 20.0. The highest BCUT2D eigenvalue weighted by molar-refractivity contribution is 7.09. The highest BCUT2D eigenvalue weighted by atomic mass is 32.1. The third-order valence-corrected chi connectivity index (χ3v) is 2.82. The molecule has 0 radical (unpaired) electrons. The summed E-state index contributed by atoms with van der Waals surface area (Å²) >= 11 is 1.56. The molecule has 4 nitrogen and oxygen atoms in total. The number of hydrogen-bond donors (Lipinski definition) is 0. The van der Waals surface area contributed by atoms with E-state index >= 15 is 0 Å². The molecule has 0 atom stereocenters. The van der Waals surface area contributed by atoms with Crippen molar-refractivity contribution < 1.29 is 4.79 Å². The minimum Gasteiger partial charge on any atom is -0.340 e. The van der Waals surface area contributed by atoms with Crippen molar-refractivity contribution in [1.82, 2.24) is 14.5 Å². The van der Waals surface area contributed by atoms with Crippen molar-refractivity contribution in [3.05, 3.63) is 34.3 Å². The molecule has 2 aromatic rings. The van der Waals surface area contributed by atoms with Gasteiger partial charge < -0.3 is 4.57 Å². The molecular weight excluding hydrogens is 210 g/mol. The highest BCUT2D eigenvalue weighted by Gasteiger charge is 2.11. The van der Waals surface area contributed by atoms with E-state index in [1.54, 1.807) is 28.4 Å². The molecule has 78 valence electrons. The molecule has 15 heavy (non-hydrogen) atoms. The van der Waals surface area contributed by atoms with Gasteiger partial charge in [-0.1, -0.05) is 0 Å². The van der Waals surface area contributed by atoms with Crippen LogP contribution in [0.15, 0.2) is 17.9 Å². The molecule has 0 fully saturated rings. The Morgan fingerprint density at radius 1 is 1.60 bits per heavy atom. The average molecular weight is 221 g/mol. The fourth-order valence-electron chi connectivity index (χ4n) is 1.30. The van der Waals surface area contributed by atoms with Gasteiger partial charge in [0, 0.05) is 18.6 Å². The van der Waals surface area contributed by atoms with Gasteiger partial charge in [0.2, 0.25) is 0 Å². The molecule has 0 bridgehead atoms. The summed E-state index contributed by atoms with van der Waals surface area (Å²) in [5, 5.41) is 2.90. The van der Waals surface area contributed by atoms with Crippen molar-refractivity contribution in [2.24, 2.45) is 7.05 Å². The Hall–Kier alpha value is -1.49. The number of aromatic nitrogens is 3. The second kappa shape index (κ2) is 3.94. The number of rotatable bonds is 3. The van der Waals surface area contributed by atoms with Crippen LogP contribution in [-0.2, 0) is 13.5 Å². The molecule has 2 heterocycles. The molecule has 0 aromatic carbocycles. The second-order valence-electron chi connectivity index (χ2n) is 3.38. The van der Waals surface area contributed by atoms with E-state index in [2.05, 4.69) is 9.97 Å². The quantitative estimate of drug-likeness (QED) is 0.740. The van der Waals surface area contributed by atoms with Crippen LogP contribution in [0.2, 0.25) is 0 Å². The summed E-state index contributed by atoms with van der Waals surface area (Å²) < 4.78 is 1.76. The van der Waals surface area contributed by atoms with Crippen LogP contribution < -0.4 is 0 Å². The molecule has 0 saturated carbocycles. The lowest BCUT2D eigenvalue weighted by atomic mass is 10.2. The number of imidazole rings is 1. The first-order valence-corrected chi connectivity index (χ1v) is 5.45. The molecule has 2 aromatic heterocycles. The number of hydrogen-bond acceptors (Lipinski definition) is 4. The predicted octanol–water partition coefficient (Wildman–Crippen LogP) is 1.61. The fraction of sp³-hybridized carbons (Fsp3) is 0.300. The molecule has 0 saturated heterocycles. The minimum atomic E-state index is 0.0147. The maximum absolute atomic E-state index is 11.7. The molecule has 0 aliphatic carbocycles. The van der Waals surface area contributed by atoms with Crippen molar-refractivity contribution in [2.45, 2.75) is 13.3 Å². The van der Waals surface area contributed by atoms with Crippen LogP contribution in [0, 0.1) is 6.92 Å². The number of nitrogens with zero attached hydrogens (tertiary/aromatic N) is 3. The molecule has 0 unspecified atom stereocenters. The van der Waals surface area contributed by atoms with Crippen LogP contribution in [-0.4, -0.2) is 20.3 Å². The van der Waals surface area contributed by atoms with E-state index in [0.717, 1.165) is 10.7 Å². The summed E-state index contributed by atoms with van der Waals surface area (Å²) in [5.41, 5.74) is 1.33. The number of carbonyl (C=O) groups is 1. The standard InChI is InChI=1S/C10H11N3OS/c1-7-12-8(5-15-7)3-10(14)9-4-13(2)6-11-9/h4-6H,3H2,1-2H3. The van der Waals surface area contributed by atoms with Crippen LogP contribution in [0.5, 0.6) is 0 Å². The van der Waals surface area contributed by atoms with E-state index in [1.165, 1.54) is 0 Å². The van der Waals surface area contributed by atoms with Crippen LogP contribution in [0.3, 0.4) is 0 Å². The van der Waals surface area contributed by atoms with Crippen LogP contribution in [0.4, 0.5) is 0 Å². The molecule has 5 heteroatoms. The summed E-state index contributed by atoms with van der Waals surface area (Å²) in [7, 11) is 1.84. The van der Waals surface area contributed by atoms with E-state index in [9.17, 15) is 4.79 Å². The molecule has 0 aliphatic heterocycles. The summed E-state index contributed by atoms with van der Waals surface area (Å²) in [6, 6.07) is 0. The first-order chi connectivity index (χ1) is 7.15. The molecule has 0 N–H and O–H groups in total. The SMILES string of the molecule is Cc1nc(CC(=O)c2cn(C)cn2)cs1. The zero-order valence-electron chi connectivity index (χ0n) is 8.60. The van der Waals surface area contributed by atoms with Gasteiger partial charge in [-0.3, -0.25) is 4.79 Å². The predicted molar refractivity (Wildman–Crippen MR) is 58.1 cm³/mol. The Morgan fingerprint density at radius 3 is 2.93 bits per heavy atom. The normalized spacial score (nSPS) is 10.5. The van der Waals surface area contributed by atoms with E-state index < -0.39 is 0 Å². The molecule has 0 spiro atoms. The summed E-state index contributed by atoms with van der Waals surface area (Å²) in [6.07, 6.45) is 3.68. The van der Waals surface area contributed by atoms with Crippen LogP contribution in [0.1, 0.15) is 21.2 Å². The monoisotopic (exact) mass is 221 g/mol. The van der Waals surface area contributed by atoms with E-state index in [0.29, 0.717) is 12.1 Å². The van der Waals surface area contributed by atoms with Crippen molar-refractivity contribution >= 4 is 17.1 Å². The van der Waals surface area contributed by atoms with Gasteiger partial charge in [0.25, 0.3) is 0 Å². The molecule has 2 rings (SSSR count). The number of carbonyl (C=O) groups excluding carboxylic acids is 1. The lowest BCUT2D eigenvalue weighted by Gasteiger charge is -1.92. The van der Waals surface area contributed by atoms with Gasteiger partial charge in [-0.15, -0.1) is 11.3 Å². The van der Waals surface area contributed by atoms with Crippen LogP contribution in [0.25, 0.3) is 0 Å². The number of ketones is 1. The largest absolute Gasteiger partial charge is 0.340 e. The lowest BCUT2D eigenvalue weighted by molar-refractivity contribution is 0.0987. The second-order valence-corrected chi connectivity index (χ2v) is 4.44. The minimum absolute atomic E-state index is 0.0147. The maximum Gasteiger partial charge on any atom is 0.188 e. The van der Waals surface area contributed by atoms with E-state index in [-0.39, 0.29) is 5.78 Å². The smallest absolute Gasteiger partial charge is 0.188 e. The number of thiazole rings is 1. The Morgan fingerprint density at radius 2 is 2.40 bits per heavy atom. The first-order valence-electron chi connectivity index (χ1n) is 4.57. The van der Waals surface area contributed by atoms with Crippen molar-refractivity contribution in [3.8, 4) is 0 Å². The summed E-state index contributed by atoms with van der Waals surface area (Å²) in [6.45, 7) is 1.93. The highest BCUT2D eigenvalue weighted by Crippen LogP contribution is 2.10. The lowest BCUT2D eigenvalue weighted by Crippen LogP contribution is -2.04. The van der Waals surface area contributed by atoms with Crippen molar-refractivity contribution in [3.63, 3.8) is 0 Å². The van der Waals surface area contributed by atoms with Crippen molar-refractivity contribution in [2.75, 3.05) is 0 Å². The number of aryl methyl sites for hydroxylation is 2. The topological polar surface area (TPSA) is 47.8 Å². The third kappa shape index (κ3) is 2.30. The van der Waals surface area contributed by atoms with Gasteiger partial charge in [-0.2, -0.15) is 0 Å². The van der Waals surface area contributed by atoms with Crippen LogP contribution >= 0.6 is 11.3 Å². The van der Waals surface area contributed by atoms with E-state index in [4.69, 9.17) is 0 Å². The Balaban J connectivity index is 2.10. The molecule has 0 amide bonds. The van der Waals surface area contributed by atoms with Gasteiger partial charge >= 0.3 is 0 Å². The maximum atomic E-state index is 11.7. The van der Waals surface area contributed by atoms with Gasteiger partial charge in [0.15, 0.2) is 5.78 Å². The van der Waals surface area contributed by atoms with Crippen molar-refractivity contribution in [1.29, 1.82) is 0 Å². The van der Waals surface area contributed by atoms with Gasteiger partial charge in [-0.25, -0.2) is 9.97 Å². The first kappa shape index (κ1) is 10.0. The molecule has 0 aliphatic rings. The zero-order chi connectivity index (χ0) is 10.8. The molecular formula is C10H11N3OS. The Labute approximate surface area is 91.6 Å². The number of Topliss-reactive ketones (excluding diaryl/α,β-unsaturated/α-hetero) is 1.